The molecule has 0 aromatic heterocycles. The molecule has 0 saturated carbocycles. The topological polar surface area (TPSA) is 660 Å². The molecule has 13 amide bonds. The number of guanidine groups is 2. The highest BCUT2D eigenvalue weighted by Crippen LogP contribution is 2.23. The summed E-state index contributed by atoms with van der Waals surface area (Å²) in [5, 5.41) is 60.2. The van der Waals surface area contributed by atoms with Crippen LogP contribution in [0.4, 0.5) is 0 Å². The number of benzene rings is 3. The van der Waals surface area contributed by atoms with E-state index >= 15 is 0 Å². The van der Waals surface area contributed by atoms with E-state index in [9.17, 15) is 77.6 Å². The van der Waals surface area contributed by atoms with Crippen molar-refractivity contribution in [3.8, 4) is 11.5 Å². The first kappa shape index (κ1) is 89.0. The molecule has 0 fully saturated rings. The van der Waals surface area contributed by atoms with Crippen molar-refractivity contribution in [3.63, 3.8) is 0 Å². The number of phenolic OH excluding ortho intramolecular Hbond substituents is 2. The lowest BCUT2D eigenvalue weighted by Gasteiger charge is -2.26. The van der Waals surface area contributed by atoms with Gasteiger partial charge in [-0.25, -0.2) is 0 Å². The summed E-state index contributed by atoms with van der Waals surface area (Å²) >= 11 is 0. The third kappa shape index (κ3) is 33.9. The molecule has 0 radical (unpaired) electrons. The van der Waals surface area contributed by atoms with E-state index in [1.54, 1.807) is 56.3 Å². The molecule has 0 unspecified atom stereocenters. The Hall–Kier alpha value is -11.2. The summed E-state index contributed by atoms with van der Waals surface area (Å²) in [5.41, 5.74) is 47.6. The summed E-state index contributed by atoms with van der Waals surface area (Å²) in [4.78, 5) is 184. The van der Waals surface area contributed by atoms with Crippen molar-refractivity contribution in [2.75, 3.05) is 52.4 Å². The number of amides is 13. The Kier molecular flexibility index (Phi) is 39.6. The molecule has 10 atom stereocenters. The summed E-state index contributed by atoms with van der Waals surface area (Å²) in [6.45, 7) is 3.36. The number of hydrogen-bond acceptors (Lipinski definition) is 21. The average molecular weight is 1490 g/mol. The van der Waals surface area contributed by atoms with E-state index in [2.05, 4.69) is 73.8 Å². The number of nitrogens with zero attached hydrogens (tertiary/aromatic N) is 2. The van der Waals surface area contributed by atoms with E-state index in [4.69, 9.17) is 45.9 Å². The molecule has 0 aliphatic rings. The molecule has 3 aromatic carbocycles. The van der Waals surface area contributed by atoms with Crippen LogP contribution in [0.3, 0.4) is 0 Å². The maximum Gasteiger partial charge on any atom is 0.245 e. The van der Waals surface area contributed by atoms with Crippen LogP contribution in [0.1, 0.15) is 106 Å². The fraction of sp³-hybridized carbons (Fsp3) is 0.515. The van der Waals surface area contributed by atoms with Crippen LogP contribution in [0.5, 0.6) is 11.5 Å². The van der Waals surface area contributed by atoms with Crippen LogP contribution < -0.4 is 110 Å². The third-order valence-corrected chi connectivity index (χ3v) is 16.4. The lowest BCUT2D eigenvalue weighted by Crippen LogP contribution is -2.60. The maximum absolute atomic E-state index is 14.4. The molecule has 0 heterocycles. The lowest BCUT2D eigenvalue weighted by molar-refractivity contribution is -0.136. The normalized spacial score (nSPS) is 13.7. The van der Waals surface area contributed by atoms with Crippen molar-refractivity contribution in [2.45, 2.75) is 172 Å². The molecule has 38 nitrogen and oxygen atoms in total. The predicted molar refractivity (Wildman–Crippen MR) is 391 cm³/mol. The Balaban J connectivity index is 1.78. The van der Waals surface area contributed by atoms with Crippen molar-refractivity contribution in [2.24, 2.45) is 55.9 Å². The minimum Gasteiger partial charge on any atom is -0.508 e. The van der Waals surface area contributed by atoms with Crippen LogP contribution in [0.2, 0.25) is 0 Å². The smallest absolute Gasteiger partial charge is 0.245 e. The van der Waals surface area contributed by atoms with Gasteiger partial charge in [-0.1, -0.05) is 42.5 Å². The van der Waals surface area contributed by atoms with E-state index < -0.39 is 163 Å². The fourth-order valence-corrected chi connectivity index (χ4v) is 10.5. The second kappa shape index (κ2) is 47.2. The first-order valence-electron chi connectivity index (χ1n) is 34.6. The lowest BCUT2D eigenvalue weighted by atomic mass is 9.95. The molecule has 0 saturated heterocycles. The van der Waals surface area contributed by atoms with Crippen LogP contribution in [0, 0.1) is 13.8 Å². The predicted octanol–water partition coefficient (Wildman–Crippen LogP) is -7.34. The number of nitrogens with one attached hydrogen (secondary N) is 12. The van der Waals surface area contributed by atoms with E-state index in [-0.39, 0.29) is 107 Å². The van der Waals surface area contributed by atoms with Crippen LogP contribution in [0.25, 0.3) is 0 Å². The molecule has 0 aliphatic heterocycles. The number of carbonyl (C=O) groups excluding carboxylic acids is 13. The summed E-state index contributed by atoms with van der Waals surface area (Å²) in [5.74, 6) is -12.0. The third-order valence-electron chi connectivity index (χ3n) is 16.4. The molecule has 38 heteroatoms. The Labute approximate surface area is 613 Å². The largest absolute Gasteiger partial charge is 0.508 e. The Morgan fingerprint density at radius 2 is 0.811 bits per heavy atom. The van der Waals surface area contributed by atoms with Crippen molar-refractivity contribution in [1.29, 1.82) is 0 Å². The monoisotopic (exact) mass is 1490 g/mol. The Morgan fingerprint density at radius 1 is 0.406 bits per heavy atom. The van der Waals surface area contributed by atoms with Gasteiger partial charge in [0.05, 0.1) is 32.3 Å². The number of aliphatic hydroxyl groups is 1. The quantitative estimate of drug-likeness (QED) is 0.0142. The molecular formula is C68H106N22O16. The molecular weight excluding hydrogens is 1380 g/mol. The maximum atomic E-state index is 14.4. The van der Waals surface area contributed by atoms with Crippen molar-refractivity contribution in [1.82, 2.24) is 63.8 Å². The molecule has 106 heavy (non-hydrogen) atoms. The second-order valence-electron chi connectivity index (χ2n) is 25.2. The Bertz CT molecular complexity index is 3480. The zero-order valence-electron chi connectivity index (χ0n) is 60.1. The summed E-state index contributed by atoms with van der Waals surface area (Å²) in [7, 11) is 0. The van der Waals surface area contributed by atoms with E-state index in [1.165, 1.54) is 38.1 Å². The standard InChI is InChI=1S/C68H106N22O16/c1-37-28-44(93)29-38(2)45(37)32-52(89-65(105)51(31-41-14-6-5-7-15-41)84-56(96)34-79-54(94)33-80-60(100)46(71)30-42-20-22-43(92)23-21-42)61(101)81-35-55(95)82-39(3)58(98)86-50(19-13-27-78-68(75)76)63(103)88-48(17-9-11-25-70)64(104)90-53(36-91)66(106)83-40(4)59(99)87-49(18-12-26-77-67(73)74)62(102)85-47(57(72)97)16-8-10-24-69/h5-7,14-15,20-23,28-29,39-40,46-53,91-93H,8-13,16-19,24-27,30-36,69-71H2,1-4H3,(H2,72,97)(H,79,94)(H,80,100)(H,81,101)(H,82,95)(H,83,106)(H,84,96)(H,85,102)(H,86,98)(H,87,99)(H,88,103)(H,89,105)(H,90,104)(H4,73,74,77)(H4,75,76,78)/t39-,40-,46-,47-,48-,49-,50-,51-,52-,53-/m0/s1. The molecule has 0 bridgehead atoms. The number of phenols is 2. The number of primary amides is 1. The first-order chi connectivity index (χ1) is 50.2. The molecule has 3 aromatic rings. The Morgan fingerprint density at radius 3 is 1.32 bits per heavy atom. The molecule has 0 spiro atoms. The van der Waals surface area contributed by atoms with E-state index in [0.717, 1.165) is 0 Å². The zero-order chi connectivity index (χ0) is 79.0. The van der Waals surface area contributed by atoms with Gasteiger partial charge in [-0.3, -0.25) is 72.3 Å². The molecule has 584 valence electrons. The highest BCUT2D eigenvalue weighted by molar-refractivity contribution is 5.99. The van der Waals surface area contributed by atoms with E-state index in [0.29, 0.717) is 53.6 Å². The van der Waals surface area contributed by atoms with Gasteiger partial charge in [0.1, 0.15) is 65.9 Å². The minimum atomic E-state index is -1.74. The summed E-state index contributed by atoms with van der Waals surface area (Å²) < 4.78 is 0. The van der Waals surface area contributed by atoms with Gasteiger partial charge in [0.15, 0.2) is 11.9 Å². The first-order valence-corrected chi connectivity index (χ1v) is 34.6. The molecule has 3 rings (SSSR count). The van der Waals surface area contributed by atoms with Gasteiger partial charge in [-0.05, 0) is 163 Å². The van der Waals surface area contributed by atoms with Crippen LogP contribution in [-0.4, -0.2) is 217 Å². The molecule has 31 N–H and O–H groups in total. The van der Waals surface area contributed by atoms with Crippen molar-refractivity contribution < 1.29 is 77.6 Å². The van der Waals surface area contributed by atoms with Crippen LogP contribution >= 0.6 is 0 Å². The summed E-state index contributed by atoms with van der Waals surface area (Å²) in [6.07, 6.45) is 1.48. The van der Waals surface area contributed by atoms with Gasteiger partial charge in [0, 0.05) is 25.9 Å². The van der Waals surface area contributed by atoms with Gasteiger partial charge in [0.25, 0.3) is 0 Å². The van der Waals surface area contributed by atoms with Crippen molar-refractivity contribution >= 4 is 88.7 Å². The van der Waals surface area contributed by atoms with Crippen molar-refractivity contribution in [3.05, 3.63) is 94.5 Å². The van der Waals surface area contributed by atoms with E-state index in [1.807, 2.05) is 0 Å². The highest BCUT2D eigenvalue weighted by atomic mass is 16.3. The average Bonchev–Trinajstić information content (AvgIpc) is 0.831. The highest BCUT2D eigenvalue weighted by Gasteiger charge is 2.34. The number of aryl methyl sites for hydroxylation is 2. The summed E-state index contributed by atoms with van der Waals surface area (Å²) in [6, 6.07) is 3.60. The van der Waals surface area contributed by atoms with Crippen LogP contribution in [-0.2, 0) is 81.6 Å². The van der Waals surface area contributed by atoms with Gasteiger partial charge in [-0.15, -0.1) is 0 Å². The fourth-order valence-electron chi connectivity index (χ4n) is 10.5. The number of aliphatic imine (C=N–C) groups is 2. The van der Waals surface area contributed by atoms with Gasteiger partial charge >= 0.3 is 0 Å². The molecule has 0 aliphatic carbocycles. The second-order valence-corrected chi connectivity index (χ2v) is 25.2. The number of rotatable bonds is 48. The zero-order valence-corrected chi connectivity index (χ0v) is 60.1. The van der Waals surface area contributed by atoms with Gasteiger partial charge in [-0.2, -0.15) is 0 Å². The number of aromatic hydroxyl groups is 2. The van der Waals surface area contributed by atoms with Crippen LogP contribution in [0.15, 0.2) is 76.7 Å². The SMILES string of the molecule is Cc1cc(O)cc(C)c1C[C@H](NC(=O)[C@H](Cc1ccccc1)NC(=O)CNC(=O)CNC(=O)[C@@H](N)Cc1ccc(O)cc1)C(=O)NCC(=O)N[C@@H](C)C(=O)N[C@@H](CCCN=C(N)N)C(=O)N[C@@H](CCCCN)C(=O)N[C@@H](CO)C(=O)N[C@@H](C)C(=O)N[C@@H](CCCN=C(N)N)C(=O)N[C@@H](CCCCN)C(N)=O. The number of nitrogens with two attached hydrogens (primary N) is 8. The number of unbranched alkanes of at least 4 members (excludes halogenated alkanes) is 2. The van der Waals surface area contributed by atoms with Gasteiger partial charge < -0.3 is 125 Å². The minimum absolute atomic E-state index is 0.0249. The number of hydrogen-bond donors (Lipinski definition) is 23. The van der Waals surface area contributed by atoms with Gasteiger partial charge in [0.2, 0.25) is 76.8 Å². The number of aliphatic hydroxyl groups excluding tert-OH is 1. The number of carbonyl (C=O) groups is 13.